The van der Waals surface area contributed by atoms with Gasteiger partial charge in [-0.2, -0.15) is 0 Å². The number of thiophene rings is 2. The van der Waals surface area contributed by atoms with Gasteiger partial charge in [0.1, 0.15) is 4.88 Å². The first-order chi connectivity index (χ1) is 13.1. The molecule has 4 nitrogen and oxygen atoms in total. The van der Waals surface area contributed by atoms with Crippen LogP contribution >= 0.6 is 22.7 Å². The van der Waals surface area contributed by atoms with Crippen LogP contribution in [0.4, 0.5) is 0 Å². The highest BCUT2D eigenvalue weighted by atomic mass is 32.1. The molecule has 140 valence electrons. The molecule has 27 heavy (non-hydrogen) atoms. The molecular weight excluding hydrogens is 378 g/mol. The summed E-state index contributed by atoms with van der Waals surface area (Å²) < 4.78 is 5.22. The predicted octanol–water partition coefficient (Wildman–Crippen LogP) is 4.74. The van der Waals surface area contributed by atoms with Crippen molar-refractivity contribution >= 4 is 34.6 Å². The molecule has 1 aromatic carbocycles. The zero-order valence-electron chi connectivity index (χ0n) is 15.2. The summed E-state index contributed by atoms with van der Waals surface area (Å²) in [5, 5.41) is 4.94. The summed E-state index contributed by atoms with van der Waals surface area (Å²) in [5.41, 5.74) is 2.07. The minimum atomic E-state index is -0.453. The molecule has 0 unspecified atom stereocenters. The van der Waals surface area contributed by atoms with Crippen LogP contribution in [0.3, 0.4) is 0 Å². The largest absolute Gasteiger partial charge is 0.451 e. The number of aryl methyl sites for hydroxylation is 2. The van der Waals surface area contributed by atoms with E-state index in [9.17, 15) is 9.59 Å². The highest BCUT2D eigenvalue weighted by Crippen LogP contribution is 2.26. The number of hydrogen-bond donors (Lipinski definition) is 1. The second kappa shape index (κ2) is 8.97. The van der Waals surface area contributed by atoms with E-state index < -0.39 is 5.97 Å². The molecule has 6 heteroatoms. The number of carbonyl (C=O) groups is 2. The van der Waals surface area contributed by atoms with Crippen LogP contribution in [-0.4, -0.2) is 18.5 Å². The fourth-order valence-electron chi connectivity index (χ4n) is 2.80. The number of esters is 1. The van der Waals surface area contributed by atoms with Gasteiger partial charge < -0.3 is 10.1 Å². The summed E-state index contributed by atoms with van der Waals surface area (Å²) in [6.45, 7) is 3.73. The molecule has 1 N–H and O–H groups in total. The SMILES string of the molecule is CCc1sc(C(=O)OCC(=O)N[C@@H](c2ccccc2)c2cccs2)cc1C. The first-order valence-electron chi connectivity index (χ1n) is 8.72. The summed E-state index contributed by atoms with van der Waals surface area (Å²) in [5.74, 6) is -0.778. The topological polar surface area (TPSA) is 55.4 Å². The Morgan fingerprint density at radius 3 is 2.56 bits per heavy atom. The fourth-order valence-corrected chi connectivity index (χ4v) is 4.61. The molecule has 0 bridgehead atoms. The van der Waals surface area contributed by atoms with Crippen LogP contribution in [0.1, 0.15) is 43.5 Å². The average Bonchev–Trinajstić information content (AvgIpc) is 3.34. The van der Waals surface area contributed by atoms with Crippen molar-refractivity contribution in [2.24, 2.45) is 0 Å². The standard InChI is InChI=1S/C21H21NO3S2/c1-3-16-14(2)12-18(27-16)21(24)25-13-19(23)22-20(17-10-7-11-26-17)15-8-5-4-6-9-15/h4-12,20H,3,13H2,1-2H3,(H,22,23)/t20-/m0/s1. The summed E-state index contributed by atoms with van der Waals surface area (Å²) in [4.78, 5) is 27.4. The molecule has 3 aromatic rings. The van der Waals surface area contributed by atoms with E-state index in [1.807, 2.05) is 60.8 Å². The highest BCUT2D eigenvalue weighted by molar-refractivity contribution is 7.14. The highest BCUT2D eigenvalue weighted by Gasteiger charge is 2.19. The number of amides is 1. The van der Waals surface area contributed by atoms with Crippen molar-refractivity contribution in [2.45, 2.75) is 26.3 Å². The number of benzene rings is 1. The van der Waals surface area contributed by atoms with Crippen LogP contribution in [0, 0.1) is 6.92 Å². The molecule has 2 aromatic heterocycles. The van der Waals surface area contributed by atoms with Gasteiger partial charge in [-0.1, -0.05) is 43.3 Å². The third-order valence-corrected chi connectivity index (χ3v) is 6.44. The molecule has 0 aliphatic rings. The first kappa shape index (κ1) is 19.3. The van der Waals surface area contributed by atoms with E-state index in [1.54, 1.807) is 11.3 Å². The minimum Gasteiger partial charge on any atom is -0.451 e. The minimum absolute atomic E-state index is 0.256. The van der Waals surface area contributed by atoms with Crippen molar-refractivity contribution in [3.63, 3.8) is 0 Å². The summed E-state index contributed by atoms with van der Waals surface area (Å²) >= 11 is 3.00. The van der Waals surface area contributed by atoms with Crippen LogP contribution < -0.4 is 5.32 Å². The number of hydrogen-bond acceptors (Lipinski definition) is 5. The van der Waals surface area contributed by atoms with E-state index in [1.165, 1.54) is 11.3 Å². The predicted molar refractivity (Wildman–Crippen MR) is 109 cm³/mol. The van der Waals surface area contributed by atoms with E-state index in [0.29, 0.717) is 4.88 Å². The molecule has 0 aliphatic carbocycles. The summed E-state index contributed by atoms with van der Waals surface area (Å²) in [6.07, 6.45) is 0.879. The molecule has 0 radical (unpaired) electrons. The third kappa shape index (κ3) is 4.84. The quantitative estimate of drug-likeness (QED) is 0.584. The molecule has 0 saturated heterocycles. The lowest BCUT2D eigenvalue weighted by Crippen LogP contribution is -2.32. The van der Waals surface area contributed by atoms with Gasteiger partial charge in [0.25, 0.3) is 5.91 Å². The second-order valence-corrected chi connectivity index (χ2v) is 8.19. The normalized spacial score (nSPS) is 11.8. The molecule has 0 saturated carbocycles. The monoisotopic (exact) mass is 399 g/mol. The first-order valence-corrected chi connectivity index (χ1v) is 10.4. The Kier molecular flexibility index (Phi) is 6.42. The lowest BCUT2D eigenvalue weighted by atomic mass is 10.1. The van der Waals surface area contributed by atoms with E-state index in [2.05, 4.69) is 12.2 Å². The lowest BCUT2D eigenvalue weighted by Gasteiger charge is -2.18. The molecule has 1 atom stereocenters. The molecule has 0 spiro atoms. The van der Waals surface area contributed by atoms with Gasteiger partial charge in [-0.3, -0.25) is 4.79 Å². The van der Waals surface area contributed by atoms with Crippen molar-refractivity contribution in [3.05, 3.63) is 79.7 Å². The van der Waals surface area contributed by atoms with E-state index in [4.69, 9.17) is 4.74 Å². The second-order valence-electron chi connectivity index (χ2n) is 6.07. The molecule has 1 amide bonds. The Labute approximate surface area is 166 Å². The Balaban J connectivity index is 1.63. The third-order valence-electron chi connectivity index (χ3n) is 4.14. The number of carbonyl (C=O) groups excluding carboxylic acids is 2. The van der Waals surface area contributed by atoms with Crippen molar-refractivity contribution in [1.82, 2.24) is 5.32 Å². The summed E-state index contributed by atoms with van der Waals surface area (Å²) in [7, 11) is 0. The molecule has 0 aliphatic heterocycles. The van der Waals surface area contributed by atoms with Gasteiger partial charge in [0.15, 0.2) is 6.61 Å². The van der Waals surface area contributed by atoms with Crippen molar-refractivity contribution in [2.75, 3.05) is 6.61 Å². The maximum absolute atomic E-state index is 12.4. The number of nitrogens with one attached hydrogen (secondary N) is 1. The summed E-state index contributed by atoms with van der Waals surface area (Å²) in [6, 6.07) is 15.2. The lowest BCUT2D eigenvalue weighted by molar-refractivity contribution is -0.124. The van der Waals surface area contributed by atoms with E-state index in [-0.39, 0.29) is 18.6 Å². The van der Waals surface area contributed by atoms with Gasteiger partial charge >= 0.3 is 5.97 Å². The maximum atomic E-state index is 12.4. The van der Waals surface area contributed by atoms with Crippen molar-refractivity contribution in [3.8, 4) is 0 Å². The van der Waals surface area contributed by atoms with Gasteiger partial charge in [-0.15, -0.1) is 22.7 Å². The smallest absolute Gasteiger partial charge is 0.348 e. The van der Waals surface area contributed by atoms with Crippen LogP contribution in [0.2, 0.25) is 0 Å². The van der Waals surface area contributed by atoms with Gasteiger partial charge in [-0.05, 0) is 42.0 Å². The zero-order chi connectivity index (χ0) is 19.2. The molecule has 3 rings (SSSR count). The Morgan fingerprint density at radius 2 is 1.93 bits per heavy atom. The maximum Gasteiger partial charge on any atom is 0.348 e. The van der Waals surface area contributed by atoms with Crippen LogP contribution in [-0.2, 0) is 16.0 Å². The van der Waals surface area contributed by atoms with Crippen LogP contribution in [0.5, 0.6) is 0 Å². The van der Waals surface area contributed by atoms with E-state index in [0.717, 1.165) is 27.3 Å². The number of rotatable bonds is 7. The van der Waals surface area contributed by atoms with Crippen LogP contribution in [0.25, 0.3) is 0 Å². The Morgan fingerprint density at radius 1 is 1.15 bits per heavy atom. The fraction of sp³-hybridized carbons (Fsp3) is 0.238. The molecule has 2 heterocycles. The van der Waals surface area contributed by atoms with Crippen LogP contribution in [0.15, 0.2) is 53.9 Å². The number of ether oxygens (including phenoxy) is 1. The molecule has 0 fully saturated rings. The Bertz CT molecular complexity index is 901. The van der Waals surface area contributed by atoms with Gasteiger partial charge in [0, 0.05) is 9.75 Å². The van der Waals surface area contributed by atoms with Gasteiger partial charge in [0.2, 0.25) is 0 Å². The van der Waals surface area contributed by atoms with Gasteiger partial charge in [-0.25, -0.2) is 4.79 Å². The Hall–Kier alpha value is -2.44. The van der Waals surface area contributed by atoms with Gasteiger partial charge in [0.05, 0.1) is 6.04 Å². The van der Waals surface area contributed by atoms with Crippen molar-refractivity contribution < 1.29 is 14.3 Å². The molecular formula is C21H21NO3S2. The van der Waals surface area contributed by atoms with Crippen molar-refractivity contribution in [1.29, 1.82) is 0 Å². The van der Waals surface area contributed by atoms with E-state index >= 15 is 0 Å². The zero-order valence-corrected chi connectivity index (χ0v) is 16.9. The average molecular weight is 400 g/mol.